The molecule has 4 rings (SSSR count). The summed E-state index contributed by atoms with van der Waals surface area (Å²) in [7, 11) is 4.08. The number of aromatic amines is 1. The van der Waals surface area contributed by atoms with Gasteiger partial charge in [-0.1, -0.05) is 72.8 Å². The van der Waals surface area contributed by atoms with E-state index in [1.54, 1.807) is 0 Å². The maximum absolute atomic E-state index is 6.06. The zero-order valence-corrected chi connectivity index (χ0v) is 18.0. The zero-order chi connectivity index (χ0) is 20.1. The molecule has 1 N–H and O–H groups in total. The lowest BCUT2D eigenvalue weighted by Crippen LogP contribution is -2.19. The van der Waals surface area contributed by atoms with Gasteiger partial charge in [-0.05, 0) is 26.2 Å². The molecular weight excluding hydrogens is 394 g/mol. The number of ether oxygens (including phenoxy) is 1. The SMILES string of the molecule is CN(C)CCOc1ccccc1-c1nc(-c2ccccc2)c(-c2ccccc2)[nH]1.Cl. The first kappa shape index (κ1) is 21.6. The molecule has 154 valence electrons. The van der Waals surface area contributed by atoms with Crippen molar-refractivity contribution in [1.82, 2.24) is 14.9 Å². The fraction of sp³-hybridized carbons (Fsp3) is 0.160. The molecule has 3 aromatic carbocycles. The van der Waals surface area contributed by atoms with Crippen molar-refractivity contribution in [2.75, 3.05) is 27.2 Å². The molecule has 0 saturated carbocycles. The van der Waals surface area contributed by atoms with Gasteiger partial charge in [0.2, 0.25) is 0 Å². The third-order valence-electron chi connectivity index (χ3n) is 4.75. The molecule has 0 saturated heterocycles. The summed E-state index contributed by atoms with van der Waals surface area (Å²) in [5, 5.41) is 0. The highest BCUT2D eigenvalue weighted by Crippen LogP contribution is 2.35. The fourth-order valence-electron chi connectivity index (χ4n) is 3.25. The van der Waals surface area contributed by atoms with E-state index >= 15 is 0 Å². The quantitative estimate of drug-likeness (QED) is 0.413. The van der Waals surface area contributed by atoms with Gasteiger partial charge in [-0.25, -0.2) is 4.98 Å². The Kier molecular flexibility index (Phi) is 7.28. The van der Waals surface area contributed by atoms with Crippen LogP contribution < -0.4 is 4.74 Å². The number of hydrogen-bond acceptors (Lipinski definition) is 3. The van der Waals surface area contributed by atoms with Crippen molar-refractivity contribution in [2.24, 2.45) is 0 Å². The highest BCUT2D eigenvalue weighted by Gasteiger charge is 2.17. The Bertz CT molecular complexity index is 1010. The van der Waals surface area contributed by atoms with E-state index in [1.807, 2.05) is 74.8 Å². The molecule has 5 heteroatoms. The molecule has 0 radical (unpaired) electrons. The van der Waals surface area contributed by atoms with Gasteiger partial charge in [0.05, 0.1) is 17.0 Å². The van der Waals surface area contributed by atoms with E-state index in [0.717, 1.165) is 46.2 Å². The van der Waals surface area contributed by atoms with E-state index in [9.17, 15) is 0 Å². The van der Waals surface area contributed by atoms with Crippen LogP contribution in [0.4, 0.5) is 0 Å². The average molecular weight is 420 g/mol. The Morgan fingerprint density at radius 1 is 0.800 bits per heavy atom. The van der Waals surface area contributed by atoms with Crippen molar-refractivity contribution in [2.45, 2.75) is 0 Å². The lowest BCUT2D eigenvalue weighted by molar-refractivity contribution is 0.262. The minimum atomic E-state index is 0. The first-order chi connectivity index (χ1) is 14.2. The number of hydrogen-bond donors (Lipinski definition) is 1. The van der Waals surface area contributed by atoms with Crippen LogP contribution in [-0.4, -0.2) is 42.1 Å². The summed E-state index contributed by atoms with van der Waals surface area (Å²) in [4.78, 5) is 10.6. The largest absolute Gasteiger partial charge is 0.491 e. The van der Waals surface area contributed by atoms with E-state index in [1.165, 1.54) is 0 Å². The van der Waals surface area contributed by atoms with E-state index in [-0.39, 0.29) is 12.4 Å². The van der Waals surface area contributed by atoms with Crippen LogP contribution in [0.15, 0.2) is 84.9 Å². The monoisotopic (exact) mass is 419 g/mol. The van der Waals surface area contributed by atoms with Crippen molar-refractivity contribution in [3.63, 3.8) is 0 Å². The summed E-state index contributed by atoms with van der Waals surface area (Å²) >= 11 is 0. The Labute approximate surface area is 184 Å². The predicted octanol–water partition coefficient (Wildman–Crippen LogP) is 5.77. The number of nitrogens with one attached hydrogen (secondary N) is 1. The van der Waals surface area contributed by atoms with Gasteiger partial charge < -0.3 is 14.6 Å². The van der Waals surface area contributed by atoms with Gasteiger partial charge in [-0.2, -0.15) is 0 Å². The standard InChI is InChI=1S/C25H25N3O.ClH/c1-28(2)17-18-29-22-16-10-9-15-21(22)25-26-23(19-11-5-3-6-12-19)24(27-25)20-13-7-4-8-14-20;/h3-16H,17-18H2,1-2H3,(H,26,27);1H. The highest BCUT2D eigenvalue weighted by atomic mass is 35.5. The average Bonchev–Trinajstić information content (AvgIpc) is 3.20. The third-order valence-corrected chi connectivity index (χ3v) is 4.75. The van der Waals surface area contributed by atoms with Crippen LogP contribution in [0.25, 0.3) is 33.9 Å². The number of aromatic nitrogens is 2. The van der Waals surface area contributed by atoms with Crippen LogP contribution >= 0.6 is 12.4 Å². The third kappa shape index (κ3) is 4.90. The van der Waals surface area contributed by atoms with Gasteiger partial charge in [0.15, 0.2) is 0 Å². The Balaban J connectivity index is 0.00000256. The maximum atomic E-state index is 6.06. The van der Waals surface area contributed by atoms with E-state index < -0.39 is 0 Å². The lowest BCUT2D eigenvalue weighted by atomic mass is 10.1. The molecule has 0 amide bonds. The molecule has 0 bridgehead atoms. The van der Waals surface area contributed by atoms with Gasteiger partial charge in [0.25, 0.3) is 0 Å². The topological polar surface area (TPSA) is 41.1 Å². The maximum Gasteiger partial charge on any atom is 0.142 e. The fourth-order valence-corrected chi connectivity index (χ4v) is 3.25. The molecule has 0 unspecified atom stereocenters. The summed E-state index contributed by atoms with van der Waals surface area (Å²) in [5.74, 6) is 1.64. The van der Waals surface area contributed by atoms with Gasteiger partial charge in [-0.15, -0.1) is 12.4 Å². The van der Waals surface area contributed by atoms with Crippen LogP contribution in [-0.2, 0) is 0 Å². The molecule has 0 spiro atoms. The number of halogens is 1. The Morgan fingerprint density at radius 2 is 1.40 bits per heavy atom. The van der Waals surface area contributed by atoms with E-state index in [0.29, 0.717) is 6.61 Å². The Hall–Kier alpha value is -3.08. The molecular formula is C25H26ClN3O. The van der Waals surface area contributed by atoms with Crippen molar-refractivity contribution >= 4 is 12.4 Å². The number of para-hydroxylation sites is 1. The number of nitrogens with zero attached hydrogens (tertiary/aromatic N) is 2. The van der Waals surface area contributed by atoms with Crippen LogP contribution in [0, 0.1) is 0 Å². The van der Waals surface area contributed by atoms with Crippen molar-refractivity contribution in [3.05, 3.63) is 84.9 Å². The number of imidazole rings is 1. The second-order valence-electron chi connectivity index (χ2n) is 7.19. The molecule has 30 heavy (non-hydrogen) atoms. The minimum Gasteiger partial charge on any atom is -0.491 e. The van der Waals surface area contributed by atoms with Crippen molar-refractivity contribution < 1.29 is 4.74 Å². The van der Waals surface area contributed by atoms with Crippen molar-refractivity contribution in [1.29, 1.82) is 0 Å². The second kappa shape index (κ2) is 10.1. The number of benzene rings is 3. The molecule has 1 heterocycles. The van der Waals surface area contributed by atoms with Gasteiger partial charge in [-0.3, -0.25) is 0 Å². The first-order valence-corrected chi connectivity index (χ1v) is 9.80. The van der Waals surface area contributed by atoms with Crippen LogP contribution in [0.2, 0.25) is 0 Å². The molecule has 0 aliphatic heterocycles. The lowest BCUT2D eigenvalue weighted by Gasteiger charge is -2.13. The summed E-state index contributed by atoms with van der Waals surface area (Å²) in [6.07, 6.45) is 0. The summed E-state index contributed by atoms with van der Waals surface area (Å²) in [5.41, 5.74) is 5.10. The zero-order valence-electron chi connectivity index (χ0n) is 17.2. The van der Waals surface area contributed by atoms with Gasteiger partial charge in [0.1, 0.15) is 18.2 Å². The molecule has 4 nitrogen and oxygen atoms in total. The van der Waals surface area contributed by atoms with Crippen LogP contribution in [0.3, 0.4) is 0 Å². The number of rotatable bonds is 7. The number of H-pyrrole nitrogens is 1. The molecule has 0 fully saturated rings. The Morgan fingerprint density at radius 3 is 2.07 bits per heavy atom. The predicted molar refractivity (Wildman–Crippen MR) is 126 cm³/mol. The smallest absolute Gasteiger partial charge is 0.142 e. The van der Waals surface area contributed by atoms with Gasteiger partial charge >= 0.3 is 0 Å². The minimum absolute atomic E-state index is 0. The summed E-state index contributed by atoms with van der Waals surface area (Å²) in [6.45, 7) is 1.48. The summed E-state index contributed by atoms with van der Waals surface area (Å²) in [6, 6.07) is 28.6. The van der Waals surface area contributed by atoms with Crippen LogP contribution in [0.5, 0.6) is 5.75 Å². The molecule has 0 aliphatic carbocycles. The number of likely N-dealkylation sites (N-methyl/N-ethyl adjacent to an activating group) is 1. The first-order valence-electron chi connectivity index (χ1n) is 9.80. The van der Waals surface area contributed by atoms with Gasteiger partial charge in [0, 0.05) is 17.7 Å². The molecule has 0 atom stereocenters. The molecule has 4 aromatic rings. The summed E-state index contributed by atoms with van der Waals surface area (Å²) < 4.78 is 6.06. The second-order valence-corrected chi connectivity index (χ2v) is 7.19. The van der Waals surface area contributed by atoms with E-state index in [4.69, 9.17) is 9.72 Å². The van der Waals surface area contributed by atoms with Crippen molar-refractivity contribution in [3.8, 4) is 39.7 Å². The normalized spacial score (nSPS) is 10.6. The highest BCUT2D eigenvalue weighted by molar-refractivity contribution is 5.85. The molecule has 0 aliphatic rings. The van der Waals surface area contributed by atoms with E-state index in [2.05, 4.69) is 34.1 Å². The molecule has 1 aromatic heterocycles. The van der Waals surface area contributed by atoms with Crippen LogP contribution in [0.1, 0.15) is 0 Å².